The summed E-state index contributed by atoms with van der Waals surface area (Å²) in [6, 6.07) is 0. The van der Waals surface area contributed by atoms with Gasteiger partial charge in [-0.1, -0.05) is 13.8 Å². The van der Waals surface area contributed by atoms with Crippen LogP contribution in [0, 0.1) is 5.92 Å². The number of hydrogen-bond donors (Lipinski definition) is 3. The minimum atomic E-state index is -3.41. The number of nitrogens with one attached hydrogen (secondary N) is 1. The maximum atomic E-state index is 10.6. The second kappa shape index (κ2) is 5.79. The van der Waals surface area contributed by atoms with Crippen LogP contribution in [-0.4, -0.2) is 38.0 Å². The van der Waals surface area contributed by atoms with Gasteiger partial charge < -0.3 is 10.4 Å². The average Bonchev–Trinajstić information content (AvgIpc) is 1.93. The van der Waals surface area contributed by atoms with Gasteiger partial charge in [0.1, 0.15) is 0 Å². The number of aliphatic hydroxyl groups is 1. The Morgan fingerprint density at radius 1 is 1.47 bits per heavy atom. The summed E-state index contributed by atoms with van der Waals surface area (Å²) >= 11 is 0. The van der Waals surface area contributed by atoms with Crippen molar-refractivity contribution in [1.82, 2.24) is 5.32 Å². The summed E-state index contributed by atoms with van der Waals surface area (Å²) in [6.07, 6.45) is 0.676. The Hall–Kier alpha value is -0.170. The van der Waals surface area contributed by atoms with Crippen molar-refractivity contribution >= 4 is 10.0 Å². The minimum Gasteiger partial charge on any atom is -0.389 e. The van der Waals surface area contributed by atoms with E-state index in [9.17, 15) is 13.5 Å². The molecule has 92 valence electrons. The van der Waals surface area contributed by atoms with Crippen LogP contribution >= 0.6 is 0 Å². The fourth-order valence-electron chi connectivity index (χ4n) is 1.52. The topological polar surface area (TPSA) is 92.4 Å². The zero-order valence-electron chi connectivity index (χ0n) is 9.66. The van der Waals surface area contributed by atoms with Gasteiger partial charge in [0.05, 0.1) is 11.4 Å². The van der Waals surface area contributed by atoms with Crippen molar-refractivity contribution in [3.63, 3.8) is 0 Å². The summed E-state index contributed by atoms with van der Waals surface area (Å²) in [4.78, 5) is 0. The predicted molar refractivity (Wildman–Crippen MR) is 60.9 cm³/mol. The molecule has 0 rings (SSSR count). The standard InChI is InChI=1S/C9H22N2O3S/c1-8(2)6-9(3,12)7-11-4-5-15(10,13)14/h8,11-12H,4-7H2,1-3H3,(H2,10,13,14). The molecule has 0 bridgehead atoms. The van der Waals surface area contributed by atoms with Gasteiger partial charge in [-0.25, -0.2) is 13.6 Å². The normalized spacial score (nSPS) is 16.7. The third kappa shape index (κ3) is 10.1. The van der Waals surface area contributed by atoms with Gasteiger partial charge in [-0.15, -0.1) is 0 Å². The van der Waals surface area contributed by atoms with Crippen LogP contribution < -0.4 is 10.5 Å². The smallest absolute Gasteiger partial charge is 0.210 e. The number of hydrogen-bond acceptors (Lipinski definition) is 4. The summed E-state index contributed by atoms with van der Waals surface area (Å²) in [5.41, 5.74) is -0.799. The van der Waals surface area contributed by atoms with Crippen molar-refractivity contribution in [2.24, 2.45) is 11.1 Å². The first-order valence-corrected chi connectivity index (χ1v) is 6.77. The summed E-state index contributed by atoms with van der Waals surface area (Å²) in [7, 11) is -3.41. The van der Waals surface area contributed by atoms with E-state index in [4.69, 9.17) is 5.14 Å². The Balaban J connectivity index is 3.76. The molecule has 15 heavy (non-hydrogen) atoms. The second-order valence-corrected chi connectivity index (χ2v) is 6.37. The fraction of sp³-hybridized carbons (Fsp3) is 1.00. The Bertz CT molecular complexity index is 273. The zero-order chi connectivity index (χ0) is 12.1. The minimum absolute atomic E-state index is 0.106. The van der Waals surface area contributed by atoms with Crippen molar-refractivity contribution in [3.8, 4) is 0 Å². The molecule has 0 saturated heterocycles. The number of rotatable bonds is 7. The van der Waals surface area contributed by atoms with Gasteiger partial charge in [0.2, 0.25) is 10.0 Å². The lowest BCUT2D eigenvalue weighted by molar-refractivity contribution is 0.0392. The quantitative estimate of drug-likeness (QED) is 0.529. The summed E-state index contributed by atoms with van der Waals surface area (Å²) in [5, 5.41) is 17.6. The van der Waals surface area contributed by atoms with Crippen molar-refractivity contribution in [3.05, 3.63) is 0 Å². The molecule has 5 nitrogen and oxygen atoms in total. The lowest BCUT2D eigenvalue weighted by atomic mass is 9.94. The predicted octanol–water partition coefficient (Wildman–Crippen LogP) is -0.338. The molecular formula is C9H22N2O3S. The fourth-order valence-corrected chi connectivity index (χ4v) is 1.95. The van der Waals surface area contributed by atoms with E-state index in [1.54, 1.807) is 6.92 Å². The van der Waals surface area contributed by atoms with Crippen molar-refractivity contribution in [2.75, 3.05) is 18.8 Å². The Kier molecular flexibility index (Phi) is 5.72. The van der Waals surface area contributed by atoms with Crippen LogP contribution in [-0.2, 0) is 10.0 Å². The Labute approximate surface area is 92.1 Å². The van der Waals surface area contributed by atoms with E-state index in [0.29, 0.717) is 18.9 Å². The van der Waals surface area contributed by atoms with Crippen molar-refractivity contribution < 1.29 is 13.5 Å². The molecule has 6 heteroatoms. The van der Waals surface area contributed by atoms with Gasteiger partial charge in [0.15, 0.2) is 0 Å². The third-order valence-electron chi connectivity index (χ3n) is 1.92. The summed E-state index contributed by atoms with van der Waals surface area (Å²) in [6.45, 7) is 6.43. The summed E-state index contributed by atoms with van der Waals surface area (Å²) < 4.78 is 21.2. The monoisotopic (exact) mass is 238 g/mol. The second-order valence-electron chi connectivity index (χ2n) is 4.64. The zero-order valence-corrected chi connectivity index (χ0v) is 10.5. The highest BCUT2D eigenvalue weighted by molar-refractivity contribution is 7.89. The molecule has 0 fully saturated rings. The van der Waals surface area contributed by atoms with Gasteiger partial charge in [-0.2, -0.15) is 0 Å². The lowest BCUT2D eigenvalue weighted by Gasteiger charge is -2.25. The molecule has 0 aliphatic carbocycles. The van der Waals surface area contributed by atoms with E-state index < -0.39 is 15.6 Å². The van der Waals surface area contributed by atoms with Gasteiger partial charge >= 0.3 is 0 Å². The molecule has 0 aromatic carbocycles. The molecule has 0 heterocycles. The van der Waals surface area contributed by atoms with E-state index >= 15 is 0 Å². The molecule has 0 saturated carbocycles. The molecule has 0 amide bonds. The van der Waals surface area contributed by atoms with Crippen LogP contribution in [0.25, 0.3) is 0 Å². The molecular weight excluding hydrogens is 216 g/mol. The van der Waals surface area contributed by atoms with E-state index in [1.807, 2.05) is 13.8 Å². The molecule has 0 aromatic rings. The van der Waals surface area contributed by atoms with Gasteiger partial charge in [-0.3, -0.25) is 0 Å². The SMILES string of the molecule is CC(C)CC(C)(O)CNCCS(N)(=O)=O. The molecule has 1 unspecified atom stereocenters. The third-order valence-corrected chi connectivity index (χ3v) is 2.69. The molecule has 0 spiro atoms. The molecule has 4 N–H and O–H groups in total. The van der Waals surface area contributed by atoms with Gasteiger partial charge in [-0.05, 0) is 19.3 Å². The maximum absolute atomic E-state index is 10.6. The molecule has 0 radical (unpaired) electrons. The first kappa shape index (κ1) is 14.8. The lowest BCUT2D eigenvalue weighted by Crippen LogP contribution is -2.41. The largest absolute Gasteiger partial charge is 0.389 e. The number of sulfonamides is 1. The van der Waals surface area contributed by atoms with E-state index in [1.165, 1.54) is 0 Å². The Morgan fingerprint density at radius 2 is 2.00 bits per heavy atom. The molecule has 1 atom stereocenters. The van der Waals surface area contributed by atoms with Gasteiger partial charge in [0.25, 0.3) is 0 Å². The first-order chi connectivity index (χ1) is 6.62. The van der Waals surface area contributed by atoms with Crippen molar-refractivity contribution in [2.45, 2.75) is 32.8 Å². The molecule has 0 aromatic heterocycles. The highest BCUT2D eigenvalue weighted by Crippen LogP contribution is 2.14. The first-order valence-electron chi connectivity index (χ1n) is 5.06. The van der Waals surface area contributed by atoms with Crippen LogP contribution in [0.4, 0.5) is 0 Å². The van der Waals surface area contributed by atoms with E-state index in [0.717, 1.165) is 0 Å². The summed E-state index contributed by atoms with van der Waals surface area (Å²) in [5.74, 6) is 0.296. The van der Waals surface area contributed by atoms with Crippen molar-refractivity contribution in [1.29, 1.82) is 0 Å². The van der Waals surface area contributed by atoms with Crippen LogP contribution in [0.15, 0.2) is 0 Å². The van der Waals surface area contributed by atoms with Crippen LogP contribution in [0.3, 0.4) is 0 Å². The molecule has 0 aliphatic heterocycles. The maximum Gasteiger partial charge on any atom is 0.210 e. The highest BCUT2D eigenvalue weighted by Gasteiger charge is 2.21. The van der Waals surface area contributed by atoms with Crippen LogP contribution in [0.1, 0.15) is 27.2 Å². The van der Waals surface area contributed by atoms with Gasteiger partial charge in [0, 0.05) is 13.1 Å². The molecule has 0 aliphatic rings. The van der Waals surface area contributed by atoms with Crippen LogP contribution in [0.2, 0.25) is 0 Å². The number of primary sulfonamides is 1. The Morgan fingerprint density at radius 3 is 2.40 bits per heavy atom. The van der Waals surface area contributed by atoms with E-state index in [-0.39, 0.29) is 12.3 Å². The average molecular weight is 238 g/mol. The van der Waals surface area contributed by atoms with E-state index in [2.05, 4.69) is 5.32 Å². The van der Waals surface area contributed by atoms with Crippen LogP contribution in [0.5, 0.6) is 0 Å². The number of nitrogens with two attached hydrogens (primary N) is 1. The highest BCUT2D eigenvalue weighted by atomic mass is 32.2.